The molecule has 0 aliphatic carbocycles. The fourth-order valence-electron chi connectivity index (χ4n) is 1.40. The summed E-state index contributed by atoms with van der Waals surface area (Å²) >= 11 is 0. The van der Waals surface area contributed by atoms with Crippen LogP contribution in [0.15, 0.2) is 0 Å². The smallest absolute Gasteiger partial charge is 0.214 e. The fourth-order valence-corrected chi connectivity index (χ4v) is 2.88. The minimum absolute atomic E-state index is 0.0102. The normalized spacial score (nSPS) is 19.8. The molecule has 0 unspecified atom stereocenters. The number of aliphatic hydroxyl groups excluding tert-OH is 1. The van der Waals surface area contributed by atoms with Crippen molar-refractivity contribution < 1.29 is 18.3 Å². The summed E-state index contributed by atoms with van der Waals surface area (Å²) in [6, 6.07) is 0. The fraction of sp³-hybridized carbons (Fsp3) is 1.00. The van der Waals surface area contributed by atoms with Crippen LogP contribution in [0.25, 0.3) is 0 Å². The van der Waals surface area contributed by atoms with Crippen LogP contribution in [0.2, 0.25) is 0 Å². The Kier molecular flexibility index (Phi) is 4.80. The lowest BCUT2D eigenvalue weighted by Gasteiger charge is -2.22. The quantitative estimate of drug-likeness (QED) is 0.614. The Balaban J connectivity index is 2.38. The van der Waals surface area contributed by atoms with E-state index in [0.717, 1.165) is 0 Å². The zero-order chi connectivity index (χ0) is 10.4. The highest BCUT2D eigenvalue weighted by molar-refractivity contribution is 7.90. The zero-order valence-corrected chi connectivity index (χ0v) is 8.92. The second-order valence-corrected chi connectivity index (χ2v) is 5.37. The number of ether oxygens (including phenoxy) is 1. The molecule has 0 saturated carbocycles. The molecule has 0 spiro atoms. The van der Waals surface area contributed by atoms with Crippen molar-refractivity contribution in [3.05, 3.63) is 0 Å². The first kappa shape index (κ1) is 11.9. The van der Waals surface area contributed by atoms with E-state index in [-0.39, 0.29) is 11.9 Å². The summed E-state index contributed by atoms with van der Waals surface area (Å²) in [7, 11) is -3.20. The van der Waals surface area contributed by atoms with Gasteiger partial charge in [-0.15, -0.1) is 0 Å². The van der Waals surface area contributed by atoms with Crippen LogP contribution < -0.4 is 4.72 Å². The van der Waals surface area contributed by atoms with E-state index in [1.165, 1.54) is 0 Å². The van der Waals surface area contributed by atoms with Crippen LogP contribution in [-0.4, -0.2) is 45.1 Å². The van der Waals surface area contributed by atoms with Gasteiger partial charge in [0.05, 0.1) is 5.25 Å². The number of hydrogen-bond acceptors (Lipinski definition) is 4. The molecule has 1 rings (SSSR count). The molecule has 1 fully saturated rings. The average Bonchev–Trinajstić information content (AvgIpc) is 2.19. The van der Waals surface area contributed by atoms with Gasteiger partial charge in [-0.2, -0.15) is 0 Å². The third-order valence-electron chi connectivity index (χ3n) is 2.25. The summed E-state index contributed by atoms with van der Waals surface area (Å²) < 4.78 is 30.8. The molecule has 0 atom stereocenters. The predicted molar refractivity (Wildman–Crippen MR) is 52.5 cm³/mol. The van der Waals surface area contributed by atoms with E-state index in [0.29, 0.717) is 39.0 Å². The van der Waals surface area contributed by atoms with Gasteiger partial charge in [0, 0.05) is 26.4 Å². The Bertz CT molecular complexity index is 246. The predicted octanol–water partition coefficient (Wildman–Crippen LogP) is -0.533. The van der Waals surface area contributed by atoms with Crippen LogP contribution in [0.4, 0.5) is 0 Å². The summed E-state index contributed by atoms with van der Waals surface area (Å²) in [5, 5.41) is 8.19. The summed E-state index contributed by atoms with van der Waals surface area (Å²) in [5.74, 6) is 0. The van der Waals surface area contributed by atoms with Crippen molar-refractivity contribution in [2.45, 2.75) is 24.5 Å². The first-order valence-electron chi connectivity index (χ1n) is 4.84. The van der Waals surface area contributed by atoms with Crippen molar-refractivity contribution in [2.75, 3.05) is 26.4 Å². The van der Waals surface area contributed by atoms with Crippen molar-refractivity contribution in [3.8, 4) is 0 Å². The first-order chi connectivity index (χ1) is 6.67. The van der Waals surface area contributed by atoms with Crippen LogP contribution in [0.3, 0.4) is 0 Å². The lowest BCUT2D eigenvalue weighted by atomic mass is 10.2. The summed E-state index contributed by atoms with van der Waals surface area (Å²) in [6.07, 6.45) is 1.59. The SMILES string of the molecule is O=S(=O)(NCCCO)C1CCOCC1. The van der Waals surface area contributed by atoms with E-state index in [9.17, 15) is 8.42 Å². The van der Waals surface area contributed by atoms with E-state index in [1.807, 2.05) is 0 Å². The van der Waals surface area contributed by atoms with Crippen LogP contribution in [0, 0.1) is 0 Å². The Morgan fingerprint density at radius 3 is 2.57 bits per heavy atom. The molecule has 84 valence electrons. The van der Waals surface area contributed by atoms with Crippen LogP contribution in [-0.2, 0) is 14.8 Å². The highest BCUT2D eigenvalue weighted by Crippen LogP contribution is 2.14. The Morgan fingerprint density at radius 1 is 1.36 bits per heavy atom. The van der Waals surface area contributed by atoms with Crippen molar-refractivity contribution in [1.29, 1.82) is 0 Å². The lowest BCUT2D eigenvalue weighted by molar-refractivity contribution is 0.0981. The molecule has 1 heterocycles. The Morgan fingerprint density at radius 2 is 2.00 bits per heavy atom. The molecule has 14 heavy (non-hydrogen) atoms. The van der Waals surface area contributed by atoms with Crippen LogP contribution in [0.5, 0.6) is 0 Å². The number of hydrogen-bond donors (Lipinski definition) is 2. The molecule has 1 aliphatic rings. The van der Waals surface area contributed by atoms with Crippen molar-refractivity contribution in [2.24, 2.45) is 0 Å². The summed E-state index contributed by atoms with van der Waals surface area (Å²) in [4.78, 5) is 0. The van der Waals surface area contributed by atoms with Gasteiger partial charge in [-0.1, -0.05) is 0 Å². The first-order valence-corrected chi connectivity index (χ1v) is 6.38. The molecule has 0 aromatic heterocycles. The van der Waals surface area contributed by atoms with Gasteiger partial charge in [-0.25, -0.2) is 13.1 Å². The van der Waals surface area contributed by atoms with Gasteiger partial charge in [0.25, 0.3) is 0 Å². The number of nitrogens with one attached hydrogen (secondary N) is 1. The van der Waals surface area contributed by atoms with E-state index in [1.54, 1.807) is 0 Å². The molecular formula is C8H17NO4S. The number of aliphatic hydroxyl groups is 1. The second kappa shape index (κ2) is 5.65. The van der Waals surface area contributed by atoms with Crippen LogP contribution >= 0.6 is 0 Å². The zero-order valence-electron chi connectivity index (χ0n) is 8.11. The Labute approximate surface area is 84.5 Å². The summed E-state index contributed by atoms with van der Waals surface area (Å²) in [5.41, 5.74) is 0. The molecular weight excluding hydrogens is 206 g/mol. The molecule has 6 heteroatoms. The van der Waals surface area contributed by atoms with E-state index in [4.69, 9.17) is 9.84 Å². The number of sulfonamides is 1. The minimum atomic E-state index is -3.20. The van der Waals surface area contributed by atoms with E-state index in [2.05, 4.69) is 4.72 Å². The molecule has 0 aromatic carbocycles. The molecule has 1 aliphatic heterocycles. The molecule has 0 amide bonds. The molecule has 0 radical (unpaired) electrons. The van der Waals surface area contributed by atoms with Crippen molar-refractivity contribution >= 4 is 10.0 Å². The van der Waals surface area contributed by atoms with Gasteiger partial charge in [-0.3, -0.25) is 0 Å². The molecule has 1 saturated heterocycles. The maximum atomic E-state index is 11.6. The van der Waals surface area contributed by atoms with E-state index < -0.39 is 10.0 Å². The van der Waals surface area contributed by atoms with Crippen LogP contribution in [0.1, 0.15) is 19.3 Å². The van der Waals surface area contributed by atoms with Crippen molar-refractivity contribution in [3.63, 3.8) is 0 Å². The average molecular weight is 223 g/mol. The topological polar surface area (TPSA) is 75.6 Å². The van der Waals surface area contributed by atoms with Gasteiger partial charge in [0.1, 0.15) is 0 Å². The third kappa shape index (κ3) is 3.53. The Hall–Kier alpha value is -0.170. The summed E-state index contributed by atoms with van der Waals surface area (Å²) in [6.45, 7) is 1.36. The van der Waals surface area contributed by atoms with Gasteiger partial charge >= 0.3 is 0 Å². The largest absolute Gasteiger partial charge is 0.396 e. The molecule has 2 N–H and O–H groups in total. The molecule has 0 aromatic rings. The van der Waals surface area contributed by atoms with Gasteiger partial charge in [-0.05, 0) is 19.3 Å². The molecule has 5 nitrogen and oxygen atoms in total. The van der Waals surface area contributed by atoms with Gasteiger partial charge in [0.15, 0.2) is 0 Å². The van der Waals surface area contributed by atoms with Crippen molar-refractivity contribution in [1.82, 2.24) is 4.72 Å². The highest BCUT2D eigenvalue weighted by atomic mass is 32.2. The maximum Gasteiger partial charge on any atom is 0.214 e. The van der Waals surface area contributed by atoms with E-state index >= 15 is 0 Å². The van der Waals surface area contributed by atoms with Gasteiger partial charge in [0.2, 0.25) is 10.0 Å². The standard InChI is InChI=1S/C8H17NO4S/c10-5-1-4-9-14(11,12)8-2-6-13-7-3-8/h8-10H,1-7H2. The molecule has 0 bridgehead atoms. The highest BCUT2D eigenvalue weighted by Gasteiger charge is 2.26. The second-order valence-electron chi connectivity index (χ2n) is 3.33. The lowest BCUT2D eigenvalue weighted by Crippen LogP contribution is -2.38. The third-order valence-corrected chi connectivity index (χ3v) is 4.20. The van der Waals surface area contributed by atoms with Gasteiger partial charge < -0.3 is 9.84 Å². The maximum absolute atomic E-state index is 11.6. The minimum Gasteiger partial charge on any atom is -0.396 e. The number of rotatable bonds is 5. The monoisotopic (exact) mass is 223 g/mol.